The first kappa shape index (κ1) is 32.0. The first-order valence-electron chi connectivity index (χ1n) is 12.6. The number of unbranched alkanes of at least 4 members (excludes halogenated alkanes) is 13. The Labute approximate surface area is 196 Å². The Morgan fingerprint density at radius 3 is 1.69 bits per heavy atom. The van der Waals surface area contributed by atoms with E-state index in [0.717, 1.165) is 19.3 Å². The van der Waals surface area contributed by atoms with Gasteiger partial charge in [-0.2, -0.15) is 0 Å². The lowest BCUT2D eigenvalue weighted by atomic mass is 10.0. The van der Waals surface area contributed by atoms with Crippen molar-refractivity contribution < 1.29 is 33.0 Å². The molecule has 32 heavy (non-hydrogen) atoms. The standard InChI is InChI=1S/C23H47BFO6P/c24-20-23(21-26)30-22-32(27,28)31-19-15-18-29-17-14-12-10-8-6-4-2-1-3-5-7-9-11-13-16-25/h23,26H,1-22H2,(H,27,28)/t23-/m0/s1. The van der Waals surface area contributed by atoms with Gasteiger partial charge in [0.2, 0.25) is 0 Å². The minimum Gasteiger partial charge on any atom is -0.394 e. The second-order valence-corrected chi connectivity index (χ2v) is 10.2. The van der Waals surface area contributed by atoms with Gasteiger partial charge in [-0.3, -0.25) is 8.96 Å². The average molecular weight is 480 g/mol. The molecular weight excluding hydrogens is 433 g/mol. The molecule has 0 bridgehead atoms. The molecule has 0 aromatic carbocycles. The van der Waals surface area contributed by atoms with Gasteiger partial charge in [0, 0.05) is 13.2 Å². The Balaban J connectivity index is 3.25. The van der Waals surface area contributed by atoms with Gasteiger partial charge >= 0.3 is 7.60 Å². The first-order valence-corrected chi connectivity index (χ1v) is 14.3. The van der Waals surface area contributed by atoms with E-state index >= 15 is 0 Å². The van der Waals surface area contributed by atoms with E-state index in [9.17, 15) is 13.8 Å². The minimum absolute atomic E-state index is 0.0787. The Bertz CT molecular complexity index is 429. The highest BCUT2D eigenvalue weighted by molar-refractivity contribution is 7.52. The van der Waals surface area contributed by atoms with Gasteiger partial charge in [-0.15, -0.1) is 0 Å². The van der Waals surface area contributed by atoms with Gasteiger partial charge in [0.15, 0.2) is 0 Å². The number of ether oxygens (including phenoxy) is 2. The van der Waals surface area contributed by atoms with Crippen LogP contribution in [0.25, 0.3) is 0 Å². The predicted octanol–water partition coefficient (Wildman–Crippen LogP) is 5.95. The summed E-state index contributed by atoms with van der Waals surface area (Å²) >= 11 is 0. The number of alkyl halides is 1. The number of aliphatic hydroxyl groups is 1. The third-order valence-corrected chi connectivity index (χ3v) is 6.40. The van der Waals surface area contributed by atoms with E-state index in [2.05, 4.69) is 0 Å². The van der Waals surface area contributed by atoms with Crippen LogP contribution in [0.1, 0.15) is 96.3 Å². The van der Waals surface area contributed by atoms with Gasteiger partial charge < -0.3 is 24.0 Å². The van der Waals surface area contributed by atoms with Crippen LogP contribution in [-0.2, 0) is 18.6 Å². The van der Waals surface area contributed by atoms with E-state index in [1.807, 2.05) is 0 Å². The number of hydrogen-bond donors (Lipinski definition) is 2. The molecule has 2 atom stereocenters. The second kappa shape index (κ2) is 24.2. The molecule has 1 unspecified atom stereocenters. The lowest BCUT2D eigenvalue weighted by Gasteiger charge is -2.17. The maximum absolute atomic E-state index is 12.0. The van der Waals surface area contributed by atoms with Crippen molar-refractivity contribution in [1.29, 1.82) is 0 Å². The Hall–Kier alpha value is 0.0249. The summed E-state index contributed by atoms with van der Waals surface area (Å²) in [5.41, 5.74) is 0. The zero-order chi connectivity index (χ0) is 23.8. The SMILES string of the molecule is [B]C[C@@H](CO)OCP(=O)(O)OCCCOCCCCCCCCCCCCCCCCF. The molecule has 9 heteroatoms. The van der Waals surface area contributed by atoms with E-state index in [1.54, 1.807) is 0 Å². The highest BCUT2D eigenvalue weighted by Gasteiger charge is 2.21. The van der Waals surface area contributed by atoms with E-state index < -0.39 is 20.0 Å². The maximum atomic E-state index is 12.0. The van der Waals surface area contributed by atoms with Crippen molar-refractivity contribution in [1.82, 2.24) is 0 Å². The van der Waals surface area contributed by atoms with Gasteiger partial charge in [-0.25, -0.2) is 0 Å². The van der Waals surface area contributed by atoms with Gasteiger partial charge in [0.05, 0.1) is 33.8 Å². The number of rotatable bonds is 26. The second-order valence-electron chi connectivity index (χ2n) is 8.41. The topological polar surface area (TPSA) is 85.2 Å². The zero-order valence-corrected chi connectivity index (χ0v) is 21.0. The van der Waals surface area contributed by atoms with Crippen LogP contribution in [-0.4, -0.2) is 63.4 Å². The summed E-state index contributed by atoms with van der Waals surface area (Å²) in [6, 6.07) is 0. The van der Waals surface area contributed by atoms with Crippen molar-refractivity contribution >= 4 is 15.4 Å². The highest BCUT2D eigenvalue weighted by Crippen LogP contribution is 2.42. The highest BCUT2D eigenvalue weighted by atomic mass is 31.2. The monoisotopic (exact) mass is 480 g/mol. The molecule has 0 heterocycles. The molecular formula is C23H47BFO6P. The van der Waals surface area contributed by atoms with Crippen LogP contribution in [0, 0.1) is 0 Å². The summed E-state index contributed by atoms with van der Waals surface area (Å²) in [4.78, 5) is 9.64. The molecule has 0 saturated carbocycles. The molecule has 0 amide bonds. The van der Waals surface area contributed by atoms with Crippen LogP contribution in [0.4, 0.5) is 4.39 Å². The molecule has 6 nitrogen and oxygen atoms in total. The summed E-state index contributed by atoms with van der Waals surface area (Å²) in [7, 11) is 1.52. The molecule has 2 radical (unpaired) electrons. The van der Waals surface area contributed by atoms with Crippen LogP contribution in [0.3, 0.4) is 0 Å². The van der Waals surface area contributed by atoms with Gasteiger partial charge in [0.25, 0.3) is 0 Å². The lowest BCUT2D eigenvalue weighted by Crippen LogP contribution is -2.18. The van der Waals surface area contributed by atoms with Gasteiger partial charge in [-0.1, -0.05) is 83.4 Å². The summed E-state index contributed by atoms with van der Waals surface area (Å²) in [6.45, 7) is 0.872. The van der Waals surface area contributed by atoms with Gasteiger partial charge in [0.1, 0.15) is 6.35 Å². The third-order valence-electron chi connectivity index (χ3n) is 5.34. The molecule has 0 spiro atoms. The van der Waals surface area contributed by atoms with Crippen LogP contribution in [0.5, 0.6) is 0 Å². The van der Waals surface area contributed by atoms with Crippen molar-refractivity contribution in [3.63, 3.8) is 0 Å². The summed E-state index contributed by atoms with van der Waals surface area (Å²) < 4.78 is 39.3. The molecule has 0 aliphatic rings. The minimum atomic E-state index is -3.82. The average Bonchev–Trinajstić information content (AvgIpc) is 2.78. The first-order chi connectivity index (χ1) is 15.6. The molecule has 0 rings (SSSR count). The van der Waals surface area contributed by atoms with Crippen molar-refractivity contribution in [3.05, 3.63) is 0 Å². The van der Waals surface area contributed by atoms with E-state index in [0.29, 0.717) is 19.6 Å². The number of hydrogen-bond acceptors (Lipinski definition) is 5. The lowest BCUT2D eigenvalue weighted by molar-refractivity contribution is 0.0394. The van der Waals surface area contributed by atoms with E-state index in [1.165, 1.54) is 70.6 Å². The Morgan fingerprint density at radius 2 is 1.22 bits per heavy atom. The van der Waals surface area contributed by atoms with Crippen molar-refractivity contribution in [2.75, 3.05) is 39.5 Å². The molecule has 0 fully saturated rings. The predicted molar refractivity (Wildman–Crippen MR) is 129 cm³/mol. The van der Waals surface area contributed by atoms with E-state index in [-0.39, 0.29) is 26.2 Å². The fourth-order valence-electron chi connectivity index (χ4n) is 3.32. The summed E-state index contributed by atoms with van der Waals surface area (Å²) in [6.07, 6.45) is 16.4. The molecule has 0 aliphatic heterocycles. The fourth-order valence-corrected chi connectivity index (χ4v) is 4.21. The molecule has 0 aromatic rings. The van der Waals surface area contributed by atoms with Crippen molar-refractivity contribution in [3.8, 4) is 0 Å². The summed E-state index contributed by atoms with van der Waals surface area (Å²) in [5, 5.41) is 8.93. The molecule has 190 valence electrons. The Kier molecular flexibility index (Phi) is 24.2. The van der Waals surface area contributed by atoms with E-state index in [4.69, 9.17) is 27.0 Å². The smallest absolute Gasteiger partial charge is 0.353 e. The van der Waals surface area contributed by atoms with Gasteiger partial charge in [-0.05, 0) is 19.3 Å². The Morgan fingerprint density at radius 1 is 0.750 bits per heavy atom. The third kappa shape index (κ3) is 23.2. The summed E-state index contributed by atoms with van der Waals surface area (Å²) in [5.74, 6) is 0. The normalized spacial score (nSPS) is 14.5. The zero-order valence-electron chi connectivity index (χ0n) is 20.1. The van der Waals surface area contributed by atoms with Crippen LogP contribution >= 0.6 is 7.60 Å². The molecule has 0 aromatic heterocycles. The fraction of sp³-hybridized carbons (Fsp3) is 1.00. The molecule has 2 N–H and O–H groups in total. The van der Waals surface area contributed by atoms with Crippen LogP contribution in [0.15, 0.2) is 0 Å². The maximum Gasteiger partial charge on any atom is 0.353 e. The van der Waals surface area contributed by atoms with Crippen LogP contribution in [0.2, 0.25) is 6.32 Å². The van der Waals surface area contributed by atoms with Crippen molar-refractivity contribution in [2.45, 2.75) is 109 Å². The largest absolute Gasteiger partial charge is 0.394 e. The number of aliphatic hydroxyl groups excluding tert-OH is 1. The quantitative estimate of drug-likeness (QED) is 0.0905. The van der Waals surface area contributed by atoms with Crippen LogP contribution < -0.4 is 0 Å². The number of halogens is 1. The molecule has 0 aliphatic carbocycles. The molecule has 0 saturated heterocycles. The van der Waals surface area contributed by atoms with Crippen molar-refractivity contribution in [2.24, 2.45) is 0 Å².